The molecule has 0 fully saturated rings. The first-order valence-corrected chi connectivity index (χ1v) is 11.4. The van der Waals surface area contributed by atoms with Gasteiger partial charge in [0, 0.05) is 40.5 Å². The van der Waals surface area contributed by atoms with E-state index in [-0.39, 0.29) is 11.8 Å². The van der Waals surface area contributed by atoms with Crippen LogP contribution in [0.2, 0.25) is 0 Å². The van der Waals surface area contributed by atoms with E-state index in [1.165, 1.54) is 5.56 Å². The minimum atomic E-state index is -0.206. The van der Waals surface area contributed by atoms with Gasteiger partial charge in [0.2, 0.25) is 0 Å². The van der Waals surface area contributed by atoms with E-state index in [2.05, 4.69) is 47.6 Å². The molecule has 34 heavy (non-hydrogen) atoms. The van der Waals surface area contributed by atoms with Gasteiger partial charge in [0.25, 0.3) is 5.91 Å². The van der Waals surface area contributed by atoms with E-state index < -0.39 is 0 Å². The number of carbonyl (C=O) groups excluding carboxylic acids is 1. The van der Waals surface area contributed by atoms with Crippen LogP contribution in [0.4, 0.5) is 0 Å². The van der Waals surface area contributed by atoms with Crippen LogP contribution >= 0.6 is 0 Å². The largest absolute Gasteiger partial charge is 0.497 e. The van der Waals surface area contributed by atoms with Gasteiger partial charge in [-0.15, -0.1) is 0 Å². The van der Waals surface area contributed by atoms with Gasteiger partial charge in [-0.3, -0.25) is 4.79 Å². The lowest BCUT2D eigenvalue weighted by atomic mass is 9.90. The molecule has 2 N–H and O–H groups in total. The summed E-state index contributed by atoms with van der Waals surface area (Å²) >= 11 is 0. The maximum atomic E-state index is 13.2. The van der Waals surface area contributed by atoms with Crippen LogP contribution in [0.1, 0.15) is 44.3 Å². The van der Waals surface area contributed by atoms with Crippen LogP contribution in [-0.2, 0) is 0 Å². The number of aromatic nitrogens is 1. The number of fused-ring (bicyclic) bond motifs is 2. The van der Waals surface area contributed by atoms with Gasteiger partial charge in [0.15, 0.2) is 5.76 Å². The molecule has 0 saturated heterocycles. The van der Waals surface area contributed by atoms with E-state index >= 15 is 0 Å². The Bertz CT molecular complexity index is 1490. The van der Waals surface area contributed by atoms with Gasteiger partial charge in [-0.2, -0.15) is 0 Å². The second-order valence-electron chi connectivity index (χ2n) is 8.81. The smallest absolute Gasteiger partial charge is 0.287 e. The summed E-state index contributed by atoms with van der Waals surface area (Å²) in [4.78, 5) is 16.6. The highest BCUT2D eigenvalue weighted by Gasteiger charge is 2.22. The normalized spacial score (nSPS) is 12.2. The third-order valence-electron chi connectivity index (χ3n) is 6.74. The summed E-state index contributed by atoms with van der Waals surface area (Å²) in [6.07, 6.45) is 2.03. The van der Waals surface area contributed by atoms with Gasteiger partial charge < -0.3 is 19.5 Å². The zero-order valence-corrected chi connectivity index (χ0v) is 19.9. The van der Waals surface area contributed by atoms with Gasteiger partial charge in [-0.05, 0) is 73.4 Å². The lowest BCUT2D eigenvalue weighted by molar-refractivity contribution is 0.0926. The Morgan fingerprint density at radius 3 is 2.50 bits per heavy atom. The standard InChI is InChI=1S/C29H28N2O3/c1-17-13-23-19(3)28(34-27(23)14-18(17)2)29(32)31-15-24(20-9-11-21(33-4)12-10-20)25-16-30-26-8-6-5-7-22(25)26/h5-14,16,24,30H,15H2,1-4H3,(H,31,32)/t24-/m1/s1. The van der Waals surface area contributed by atoms with Gasteiger partial charge >= 0.3 is 0 Å². The quantitative estimate of drug-likeness (QED) is 0.313. The lowest BCUT2D eigenvalue weighted by Gasteiger charge is -2.18. The predicted molar refractivity (Wildman–Crippen MR) is 136 cm³/mol. The van der Waals surface area contributed by atoms with E-state index in [1.807, 2.05) is 50.4 Å². The third kappa shape index (κ3) is 3.83. The summed E-state index contributed by atoms with van der Waals surface area (Å²) in [5, 5.41) is 5.26. The molecule has 5 aromatic rings. The Labute approximate surface area is 198 Å². The molecule has 0 radical (unpaired) electrons. The van der Waals surface area contributed by atoms with Crippen molar-refractivity contribution in [3.8, 4) is 5.75 Å². The summed E-state index contributed by atoms with van der Waals surface area (Å²) in [6.45, 7) is 6.49. The summed E-state index contributed by atoms with van der Waals surface area (Å²) in [5.74, 6) is 0.920. The Kier molecular flexibility index (Phi) is 5.62. The Hall–Kier alpha value is -3.99. The average Bonchev–Trinajstić information content (AvgIpc) is 3.41. The van der Waals surface area contributed by atoms with Crippen molar-refractivity contribution >= 4 is 27.8 Å². The topological polar surface area (TPSA) is 67.3 Å². The van der Waals surface area contributed by atoms with Crippen molar-refractivity contribution in [1.82, 2.24) is 10.3 Å². The number of rotatable bonds is 6. The summed E-state index contributed by atoms with van der Waals surface area (Å²) in [5.41, 5.74) is 7.24. The number of aryl methyl sites for hydroxylation is 3. The number of nitrogens with one attached hydrogen (secondary N) is 2. The number of H-pyrrole nitrogens is 1. The van der Waals surface area contributed by atoms with Crippen molar-refractivity contribution in [1.29, 1.82) is 0 Å². The predicted octanol–water partition coefficient (Wildman–Crippen LogP) is 6.41. The lowest BCUT2D eigenvalue weighted by Crippen LogP contribution is -2.29. The number of amides is 1. The molecule has 2 heterocycles. The highest BCUT2D eigenvalue weighted by atomic mass is 16.5. The molecule has 0 spiro atoms. The van der Waals surface area contributed by atoms with Crippen LogP contribution in [0.15, 0.2) is 71.3 Å². The number of benzene rings is 3. The second-order valence-corrected chi connectivity index (χ2v) is 8.81. The molecule has 2 aromatic heterocycles. The highest BCUT2D eigenvalue weighted by Crippen LogP contribution is 2.32. The maximum absolute atomic E-state index is 13.2. The SMILES string of the molecule is COc1ccc([C@@H](CNC(=O)c2oc3cc(C)c(C)cc3c2C)c2c[nH]c3ccccc23)cc1. The van der Waals surface area contributed by atoms with Gasteiger partial charge in [-0.1, -0.05) is 30.3 Å². The fourth-order valence-electron chi connectivity index (χ4n) is 4.59. The molecule has 5 heteroatoms. The number of carbonyl (C=O) groups is 1. The first-order chi connectivity index (χ1) is 16.5. The number of hydrogen-bond donors (Lipinski definition) is 2. The van der Waals surface area contributed by atoms with Crippen LogP contribution in [0.25, 0.3) is 21.9 Å². The van der Waals surface area contributed by atoms with Crippen molar-refractivity contribution in [2.45, 2.75) is 26.7 Å². The van der Waals surface area contributed by atoms with E-state index in [1.54, 1.807) is 7.11 Å². The molecular formula is C29H28N2O3. The molecule has 0 aliphatic carbocycles. The summed E-state index contributed by atoms with van der Waals surface area (Å²) in [7, 11) is 1.66. The van der Waals surface area contributed by atoms with Gasteiger partial charge in [0.1, 0.15) is 11.3 Å². The minimum absolute atomic E-state index is 0.0415. The third-order valence-corrected chi connectivity index (χ3v) is 6.74. The van der Waals surface area contributed by atoms with Crippen LogP contribution in [-0.4, -0.2) is 24.5 Å². The maximum Gasteiger partial charge on any atom is 0.287 e. The van der Waals surface area contributed by atoms with Crippen molar-refractivity contribution in [2.24, 2.45) is 0 Å². The second kappa shape index (κ2) is 8.75. The number of methoxy groups -OCH3 is 1. The molecule has 0 bridgehead atoms. The van der Waals surface area contributed by atoms with Crippen LogP contribution in [0, 0.1) is 20.8 Å². The molecule has 5 rings (SSSR count). The van der Waals surface area contributed by atoms with E-state index in [9.17, 15) is 4.79 Å². The fraction of sp³-hybridized carbons (Fsp3) is 0.207. The monoisotopic (exact) mass is 452 g/mol. The molecule has 0 unspecified atom stereocenters. The Morgan fingerprint density at radius 1 is 1.00 bits per heavy atom. The number of aromatic amines is 1. The van der Waals surface area contributed by atoms with E-state index in [0.717, 1.165) is 49.9 Å². The van der Waals surface area contributed by atoms with Crippen LogP contribution in [0.5, 0.6) is 5.75 Å². The Balaban J connectivity index is 1.47. The van der Waals surface area contributed by atoms with Crippen LogP contribution < -0.4 is 10.1 Å². The molecule has 0 aliphatic rings. The Morgan fingerprint density at radius 2 is 1.74 bits per heavy atom. The summed E-state index contributed by atoms with van der Waals surface area (Å²) < 4.78 is 11.3. The first-order valence-electron chi connectivity index (χ1n) is 11.4. The highest BCUT2D eigenvalue weighted by molar-refractivity contribution is 5.99. The van der Waals surface area contributed by atoms with Gasteiger partial charge in [-0.25, -0.2) is 0 Å². The number of furan rings is 1. The minimum Gasteiger partial charge on any atom is -0.497 e. The van der Waals surface area contributed by atoms with E-state index in [4.69, 9.17) is 9.15 Å². The molecule has 1 atom stereocenters. The molecule has 0 saturated carbocycles. The molecular weight excluding hydrogens is 424 g/mol. The van der Waals surface area contributed by atoms with Crippen molar-refractivity contribution in [2.75, 3.05) is 13.7 Å². The molecule has 5 nitrogen and oxygen atoms in total. The van der Waals surface area contributed by atoms with Crippen molar-refractivity contribution in [3.63, 3.8) is 0 Å². The molecule has 3 aromatic carbocycles. The number of para-hydroxylation sites is 1. The molecule has 0 aliphatic heterocycles. The molecule has 1 amide bonds. The fourth-order valence-corrected chi connectivity index (χ4v) is 4.59. The van der Waals surface area contributed by atoms with Crippen LogP contribution in [0.3, 0.4) is 0 Å². The van der Waals surface area contributed by atoms with Crippen molar-refractivity contribution in [3.05, 3.63) is 100 Å². The zero-order valence-electron chi connectivity index (χ0n) is 19.9. The van der Waals surface area contributed by atoms with Crippen molar-refractivity contribution < 1.29 is 13.9 Å². The van der Waals surface area contributed by atoms with Gasteiger partial charge in [0.05, 0.1) is 7.11 Å². The summed E-state index contributed by atoms with van der Waals surface area (Å²) in [6, 6.07) is 20.3. The first kappa shape index (κ1) is 21.8. The average molecular weight is 453 g/mol. The molecule has 172 valence electrons. The number of ether oxygens (including phenoxy) is 1. The number of hydrogen-bond acceptors (Lipinski definition) is 3. The zero-order chi connectivity index (χ0) is 23.8. The van der Waals surface area contributed by atoms with E-state index in [0.29, 0.717) is 12.3 Å².